The van der Waals surface area contributed by atoms with Gasteiger partial charge in [0.05, 0.1) is 0 Å². The van der Waals surface area contributed by atoms with Crippen LogP contribution in [0.3, 0.4) is 0 Å². The molecular weight excluding hydrogens is 225 g/mol. The Labute approximate surface area is 86.9 Å². The second-order valence-electron chi connectivity index (χ2n) is 2.99. The Morgan fingerprint density at radius 1 is 1.36 bits per heavy atom. The van der Waals surface area contributed by atoms with E-state index in [0.29, 0.717) is 5.02 Å². The zero-order chi connectivity index (χ0) is 10.8. The summed E-state index contributed by atoms with van der Waals surface area (Å²) in [7, 11) is -4.19. The Balaban J connectivity index is 2.70. The van der Waals surface area contributed by atoms with Crippen LogP contribution in [0.5, 0.6) is 0 Å². The first-order chi connectivity index (χ1) is 6.39. The molecule has 1 atom stereocenters. The average molecular weight is 236 g/mol. The molecule has 4 N–H and O–H groups in total. The van der Waals surface area contributed by atoms with Crippen LogP contribution in [0.4, 0.5) is 0 Å². The van der Waals surface area contributed by atoms with Gasteiger partial charge >= 0.3 is 7.60 Å². The van der Waals surface area contributed by atoms with Gasteiger partial charge in [0.25, 0.3) is 0 Å². The smallest absolute Gasteiger partial charge is 0.323 e. The molecule has 0 aliphatic rings. The average Bonchev–Trinajstić information content (AvgIpc) is 2.07. The maximum Gasteiger partial charge on any atom is 0.342 e. The van der Waals surface area contributed by atoms with Crippen molar-refractivity contribution in [3.8, 4) is 0 Å². The largest absolute Gasteiger partial charge is 0.342 e. The third-order valence-corrected chi connectivity index (χ3v) is 3.09. The van der Waals surface area contributed by atoms with Crippen molar-refractivity contribution in [1.82, 2.24) is 0 Å². The number of benzene rings is 1. The summed E-state index contributed by atoms with van der Waals surface area (Å²) in [5.41, 5.74) is 6.08. The molecule has 0 saturated heterocycles. The third kappa shape index (κ3) is 3.40. The lowest BCUT2D eigenvalue weighted by Gasteiger charge is -2.12. The lowest BCUT2D eigenvalue weighted by molar-refractivity contribution is 0.358. The van der Waals surface area contributed by atoms with Crippen LogP contribution in [0.25, 0.3) is 0 Å². The second-order valence-corrected chi connectivity index (χ2v) is 5.26. The molecule has 0 saturated carbocycles. The molecule has 14 heavy (non-hydrogen) atoms. The maximum absolute atomic E-state index is 10.7. The van der Waals surface area contributed by atoms with Crippen molar-refractivity contribution < 1.29 is 14.4 Å². The van der Waals surface area contributed by atoms with Crippen LogP contribution < -0.4 is 5.73 Å². The summed E-state index contributed by atoms with van der Waals surface area (Å²) in [4.78, 5) is 17.5. The molecule has 0 unspecified atom stereocenters. The van der Waals surface area contributed by atoms with Gasteiger partial charge in [-0.05, 0) is 24.1 Å². The van der Waals surface area contributed by atoms with Gasteiger partial charge in [-0.1, -0.05) is 23.7 Å². The summed E-state index contributed by atoms with van der Waals surface area (Å²) in [5, 5.41) is 0.582. The molecule has 1 aromatic carbocycles. The fourth-order valence-corrected chi connectivity index (χ4v) is 1.56. The molecule has 0 radical (unpaired) electrons. The summed E-state index contributed by atoms with van der Waals surface area (Å²) < 4.78 is 10.7. The molecule has 0 amide bonds. The van der Waals surface area contributed by atoms with Crippen LogP contribution in [0.2, 0.25) is 5.02 Å². The second kappa shape index (κ2) is 4.43. The van der Waals surface area contributed by atoms with E-state index in [2.05, 4.69) is 0 Å². The molecular formula is C8H11ClNO3P. The van der Waals surface area contributed by atoms with Gasteiger partial charge in [0.2, 0.25) is 0 Å². The Morgan fingerprint density at radius 3 is 2.29 bits per heavy atom. The number of rotatable bonds is 3. The molecule has 0 aliphatic heterocycles. The van der Waals surface area contributed by atoms with Crippen LogP contribution in [0, 0.1) is 0 Å². The van der Waals surface area contributed by atoms with Crippen molar-refractivity contribution in [2.75, 3.05) is 0 Å². The minimum atomic E-state index is -4.19. The highest BCUT2D eigenvalue weighted by atomic mass is 35.5. The summed E-state index contributed by atoms with van der Waals surface area (Å²) in [6.07, 6.45) is 0.140. The summed E-state index contributed by atoms with van der Waals surface area (Å²) in [6, 6.07) is 6.70. The van der Waals surface area contributed by atoms with E-state index in [0.717, 1.165) is 5.56 Å². The lowest BCUT2D eigenvalue weighted by atomic mass is 10.1. The normalized spacial score (nSPS) is 14.0. The molecule has 78 valence electrons. The van der Waals surface area contributed by atoms with Crippen molar-refractivity contribution in [3.63, 3.8) is 0 Å². The van der Waals surface area contributed by atoms with E-state index in [1.54, 1.807) is 24.3 Å². The molecule has 0 heterocycles. The molecule has 0 fully saturated rings. The highest BCUT2D eigenvalue weighted by molar-refractivity contribution is 7.52. The number of hydrogen-bond acceptors (Lipinski definition) is 2. The Morgan fingerprint density at radius 2 is 1.86 bits per heavy atom. The Kier molecular flexibility index (Phi) is 3.70. The van der Waals surface area contributed by atoms with Crippen molar-refractivity contribution >= 4 is 19.2 Å². The van der Waals surface area contributed by atoms with E-state index in [1.165, 1.54) is 0 Å². The standard InChI is InChI=1S/C8H11ClNO3P/c9-7-3-1-6(2-4-7)5-8(10)14(11,12)13/h1-4,8H,5,10H2,(H2,11,12,13)/t8-/m0/s1. The predicted octanol–water partition coefficient (Wildman–Crippen LogP) is 1.34. The van der Waals surface area contributed by atoms with E-state index in [-0.39, 0.29) is 6.42 Å². The van der Waals surface area contributed by atoms with Crippen molar-refractivity contribution in [2.45, 2.75) is 12.2 Å². The molecule has 0 bridgehead atoms. The minimum absolute atomic E-state index is 0.140. The fourth-order valence-electron chi connectivity index (χ4n) is 0.981. The highest BCUT2D eigenvalue weighted by Gasteiger charge is 2.24. The Bertz CT molecular complexity index is 348. The SMILES string of the molecule is N[C@H](Cc1ccc(Cl)cc1)P(=O)(O)O. The van der Waals surface area contributed by atoms with Gasteiger partial charge < -0.3 is 15.5 Å². The van der Waals surface area contributed by atoms with E-state index in [1.807, 2.05) is 0 Å². The third-order valence-electron chi connectivity index (χ3n) is 1.79. The number of nitrogens with two attached hydrogens (primary N) is 1. The highest BCUT2D eigenvalue weighted by Crippen LogP contribution is 2.39. The van der Waals surface area contributed by atoms with Gasteiger partial charge in [0.15, 0.2) is 0 Å². The molecule has 0 aromatic heterocycles. The van der Waals surface area contributed by atoms with E-state index < -0.39 is 13.4 Å². The fraction of sp³-hybridized carbons (Fsp3) is 0.250. The monoisotopic (exact) mass is 235 g/mol. The zero-order valence-electron chi connectivity index (χ0n) is 7.30. The van der Waals surface area contributed by atoms with Crippen LogP contribution in [0.1, 0.15) is 5.56 Å². The molecule has 1 rings (SSSR count). The van der Waals surface area contributed by atoms with Crippen LogP contribution in [0.15, 0.2) is 24.3 Å². The molecule has 0 spiro atoms. The lowest BCUT2D eigenvalue weighted by Crippen LogP contribution is -2.22. The first kappa shape index (κ1) is 11.7. The van der Waals surface area contributed by atoms with Crippen molar-refractivity contribution in [1.29, 1.82) is 0 Å². The van der Waals surface area contributed by atoms with E-state index in [9.17, 15) is 4.57 Å². The van der Waals surface area contributed by atoms with Gasteiger partial charge in [-0.2, -0.15) is 0 Å². The summed E-state index contributed by atoms with van der Waals surface area (Å²) >= 11 is 5.65. The predicted molar refractivity (Wildman–Crippen MR) is 55.2 cm³/mol. The van der Waals surface area contributed by atoms with E-state index in [4.69, 9.17) is 27.1 Å². The zero-order valence-corrected chi connectivity index (χ0v) is 8.95. The Hall–Kier alpha value is -0.380. The maximum atomic E-state index is 10.7. The number of halogens is 1. The van der Waals surface area contributed by atoms with Crippen molar-refractivity contribution in [2.24, 2.45) is 5.73 Å². The van der Waals surface area contributed by atoms with E-state index >= 15 is 0 Å². The van der Waals surface area contributed by atoms with Crippen LogP contribution in [-0.2, 0) is 11.0 Å². The topological polar surface area (TPSA) is 83.6 Å². The van der Waals surface area contributed by atoms with Gasteiger partial charge in [0, 0.05) is 5.02 Å². The quantitative estimate of drug-likeness (QED) is 0.691. The van der Waals surface area contributed by atoms with Gasteiger partial charge in [-0.3, -0.25) is 4.57 Å². The minimum Gasteiger partial charge on any atom is -0.323 e. The summed E-state index contributed by atoms with van der Waals surface area (Å²) in [6.45, 7) is 0. The summed E-state index contributed by atoms with van der Waals surface area (Å²) in [5.74, 6) is -1.15. The molecule has 1 aromatic rings. The van der Waals surface area contributed by atoms with Gasteiger partial charge in [-0.25, -0.2) is 0 Å². The molecule has 4 nitrogen and oxygen atoms in total. The van der Waals surface area contributed by atoms with Crippen LogP contribution >= 0.6 is 19.2 Å². The van der Waals surface area contributed by atoms with Crippen molar-refractivity contribution in [3.05, 3.63) is 34.9 Å². The number of hydrogen-bond donors (Lipinski definition) is 3. The van der Waals surface area contributed by atoms with Gasteiger partial charge in [0.1, 0.15) is 5.78 Å². The molecule has 0 aliphatic carbocycles. The first-order valence-corrected chi connectivity index (χ1v) is 6.01. The van der Waals surface area contributed by atoms with Crippen LogP contribution in [-0.4, -0.2) is 15.6 Å². The first-order valence-electron chi connectivity index (χ1n) is 3.95. The van der Waals surface area contributed by atoms with Gasteiger partial charge in [-0.15, -0.1) is 0 Å². The molecule has 6 heteroatoms.